The number of hydrogen-bond acceptors (Lipinski definition) is 1. The minimum atomic E-state index is 0.0261. The summed E-state index contributed by atoms with van der Waals surface area (Å²) in [5, 5.41) is 0. The van der Waals surface area contributed by atoms with Crippen LogP contribution in [-0.4, -0.2) is 0 Å². The molecular formula is C17H18Br2O. The second-order valence-corrected chi connectivity index (χ2v) is 7.56. The monoisotopic (exact) mass is 396 g/mol. The van der Waals surface area contributed by atoms with E-state index in [1.165, 1.54) is 11.1 Å². The quantitative estimate of drug-likeness (QED) is 0.608. The Morgan fingerprint density at radius 1 is 1.00 bits per heavy atom. The average Bonchev–Trinajstić information content (AvgIpc) is 2.37. The Hall–Kier alpha value is -0.800. The maximum absolute atomic E-state index is 6.07. The van der Waals surface area contributed by atoms with Crippen molar-refractivity contribution >= 4 is 31.9 Å². The summed E-state index contributed by atoms with van der Waals surface area (Å²) < 4.78 is 8.10. The lowest BCUT2D eigenvalue weighted by Crippen LogP contribution is -2.14. The zero-order valence-electron chi connectivity index (χ0n) is 11.9. The molecule has 0 aliphatic heterocycles. The predicted molar refractivity (Wildman–Crippen MR) is 91.3 cm³/mol. The Kier molecular flexibility index (Phi) is 4.92. The van der Waals surface area contributed by atoms with E-state index in [0.717, 1.165) is 14.7 Å². The molecule has 0 unspecified atom stereocenters. The fraction of sp³-hybridized carbons (Fsp3) is 0.294. The van der Waals surface area contributed by atoms with Crippen LogP contribution in [0.5, 0.6) is 5.75 Å². The first-order valence-corrected chi connectivity index (χ1v) is 8.13. The van der Waals surface area contributed by atoms with Crippen LogP contribution >= 0.6 is 31.9 Å². The molecule has 0 N–H and O–H groups in total. The highest BCUT2D eigenvalue weighted by molar-refractivity contribution is 9.11. The molecule has 0 amide bonds. The van der Waals surface area contributed by atoms with Gasteiger partial charge in [-0.25, -0.2) is 0 Å². The van der Waals surface area contributed by atoms with Gasteiger partial charge in [-0.1, -0.05) is 67.0 Å². The lowest BCUT2D eigenvalue weighted by molar-refractivity contribution is 0.295. The van der Waals surface area contributed by atoms with Crippen LogP contribution in [0.4, 0.5) is 0 Å². The van der Waals surface area contributed by atoms with Crippen molar-refractivity contribution in [3.63, 3.8) is 0 Å². The molecule has 2 aromatic rings. The molecule has 0 saturated carbocycles. The van der Waals surface area contributed by atoms with Crippen LogP contribution in [0.2, 0.25) is 0 Å². The SMILES string of the molecule is CC(C)(C)c1cc(Br)cc(Br)c1OCc1ccccc1. The summed E-state index contributed by atoms with van der Waals surface area (Å²) in [6, 6.07) is 14.4. The van der Waals surface area contributed by atoms with Gasteiger partial charge >= 0.3 is 0 Å². The van der Waals surface area contributed by atoms with Crippen LogP contribution in [0.25, 0.3) is 0 Å². The van der Waals surface area contributed by atoms with Gasteiger partial charge in [-0.2, -0.15) is 0 Å². The molecule has 0 radical (unpaired) electrons. The smallest absolute Gasteiger partial charge is 0.137 e. The summed E-state index contributed by atoms with van der Waals surface area (Å²) >= 11 is 7.16. The standard InChI is InChI=1S/C17H18Br2O/c1-17(2,3)14-9-13(18)10-15(19)16(14)20-11-12-7-5-4-6-8-12/h4-10H,11H2,1-3H3. The predicted octanol–water partition coefficient (Wildman–Crippen LogP) is 6.09. The summed E-state index contributed by atoms with van der Waals surface area (Å²) in [4.78, 5) is 0. The lowest BCUT2D eigenvalue weighted by atomic mass is 9.86. The number of rotatable bonds is 3. The van der Waals surface area contributed by atoms with Gasteiger partial charge in [-0.3, -0.25) is 0 Å². The van der Waals surface area contributed by atoms with Gasteiger partial charge in [-0.15, -0.1) is 0 Å². The van der Waals surface area contributed by atoms with Gasteiger partial charge in [0.1, 0.15) is 12.4 Å². The van der Waals surface area contributed by atoms with Gasteiger partial charge in [-0.05, 0) is 39.0 Å². The van der Waals surface area contributed by atoms with Crippen LogP contribution < -0.4 is 4.74 Å². The van der Waals surface area contributed by atoms with E-state index in [-0.39, 0.29) is 5.41 Å². The minimum Gasteiger partial charge on any atom is -0.487 e. The maximum atomic E-state index is 6.07. The second-order valence-electron chi connectivity index (χ2n) is 5.79. The van der Waals surface area contributed by atoms with Crippen molar-refractivity contribution in [2.24, 2.45) is 0 Å². The first-order valence-electron chi connectivity index (χ1n) is 6.54. The summed E-state index contributed by atoms with van der Waals surface area (Å²) in [6.45, 7) is 7.15. The molecule has 0 heterocycles. The van der Waals surface area contributed by atoms with E-state index in [9.17, 15) is 0 Å². The van der Waals surface area contributed by atoms with E-state index in [4.69, 9.17) is 4.74 Å². The molecule has 1 nitrogen and oxygen atoms in total. The number of benzene rings is 2. The lowest BCUT2D eigenvalue weighted by Gasteiger charge is -2.24. The van der Waals surface area contributed by atoms with Crippen LogP contribution in [0.1, 0.15) is 31.9 Å². The molecule has 0 aliphatic carbocycles. The van der Waals surface area contributed by atoms with Crippen LogP contribution in [0, 0.1) is 0 Å². The Bertz CT molecular complexity index is 586. The van der Waals surface area contributed by atoms with Crippen molar-refractivity contribution in [1.82, 2.24) is 0 Å². The van der Waals surface area contributed by atoms with Crippen LogP contribution in [0.3, 0.4) is 0 Å². The van der Waals surface area contributed by atoms with E-state index in [1.807, 2.05) is 24.3 Å². The minimum absolute atomic E-state index is 0.0261. The first-order chi connectivity index (χ1) is 9.38. The van der Waals surface area contributed by atoms with Crippen molar-refractivity contribution < 1.29 is 4.74 Å². The molecule has 0 aromatic heterocycles. The van der Waals surface area contributed by atoms with Gasteiger partial charge in [0.15, 0.2) is 0 Å². The van der Waals surface area contributed by atoms with Gasteiger partial charge in [0, 0.05) is 10.0 Å². The van der Waals surface area contributed by atoms with E-state index in [1.54, 1.807) is 0 Å². The molecular weight excluding hydrogens is 380 g/mol. The third-order valence-corrected chi connectivity index (χ3v) is 4.09. The van der Waals surface area contributed by atoms with E-state index < -0.39 is 0 Å². The molecule has 0 saturated heterocycles. The molecule has 2 aromatic carbocycles. The number of hydrogen-bond donors (Lipinski definition) is 0. The van der Waals surface area contributed by atoms with Gasteiger partial charge in [0.25, 0.3) is 0 Å². The van der Waals surface area contributed by atoms with Crippen LogP contribution in [-0.2, 0) is 12.0 Å². The van der Waals surface area contributed by atoms with Crippen molar-refractivity contribution in [2.45, 2.75) is 32.8 Å². The van der Waals surface area contributed by atoms with Crippen LogP contribution in [0.15, 0.2) is 51.4 Å². The highest BCUT2D eigenvalue weighted by Crippen LogP contribution is 2.39. The molecule has 0 fully saturated rings. The average molecular weight is 398 g/mol. The fourth-order valence-electron chi connectivity index (χ4n) is 1.99. The molecule has 2 rings (SSSR count). The third kappa shape index (κ3) is 3.86. The van der Waals surface area contributed by atoms with Crippen molar-refractivity contribution in [3.05, 3.63) is 62.5 Å². The van der Waals surface area contributed by atoms with Gasteiger partial charge in [0.05, 0.1) is 4.47 Å². The summed E-state index contributed by atoms with van der Waals surface area (Å²) in [5.41, 5.74) is 2.38. The van der Waals surface area contributed by atoms with E-state index in [0.29, 0.717) is 6.61 Å². The second kappa shape index (κ2) is 6.31. The Morgan fingerprint density at radius 2 is 1.65 bits per heavy atom. The maximum Gasteiger partial charge on any atom is 0.137 e. The fourth-order valence-corrected chi connectivity index (χ4v) is 3.33. The highest BCUT2D eigenvalue weighted by atomic mass is 79.9. The molecule has 3 heteroatoms. The third-order valence-electron chi connectivity index (χ3n) is 3.04. The van der Waals surface area contributed by atoms with Crippen molar-refractivity contribution in [1.29, 1.82) is 0 Å². The largest absolute Gasteiger partial charge is 0.487 e. The van der Waals surface area contributed by atoms with Gasteiger partial charge < -0.3 is 4.74 Å². The number of ether oxygens (including phenoxy) is 1. The van der Waals surface area contributed by atoms with E-state index in [2.05, 4.69) is 70.8 Å². The highest BCUT2D eigenvalue weighted by Gasteiger charge is 2.22. The summed E-state index contributed by atoms with van der Waals surface area (Å²) in [7, 11) is 0. The Labute approximate surface area is 137 Å². The zero-order valence-corrected chi connectivity index (χ0v) is 15.1. The Balaban J connectivity index is 2.31. The van der Waals surface area contributed by atoms with E-state index >= 15 is 0 Å². The molecule has 0 spiro atoms. The number of halogens is 2. The first kappa shape index (κ1) is 15.6. The van der Waals surface area contributed by atoms with Crippen molar-refractivity contribution in [2.75, 3.05) is 0 Å². The Morgan fingerprint density at radius 3 is 2.25 bits per heavy atom. The molecule has 0 bridgehead atoms. The molecule has 20 heavy (non-hydrogen) atoms. The normalized spacial score (nSPS) is 11.4. The summed E-state index contributed by atoms with van der Waals surface area (Å²) in [5.74, 6) is 0.921. The zero-order chi connectivity index (χ0) is 14.8. The molecule has 0 atom stereocenters. The topological polar surface area (TPSA) is 9.23 Å². The van der Waals surface area contributed by atoms with Gasteiger partial charge in [0.2, 0.25) is 0 Å². The summed E-state index contributed by atoms with van der Waals surface area (Å²) in [6.07, 6.45) is 0. The molecule has 0 aliphatic rings. The van der Waals surface area contributed by atoms with Crippen molar-refractivity contribution in [3.8, 4) is 5.75 Å². The molecule has 106 valence electrons.